The van der Waals surface area contributed by atoms with E-state index in [1.165, 1.54) is 35.6 Å². The van der Waals surface area contributed by atoms with E-state index >= 15 is 0 Å². The van der Waals surface area contributed by atoms with Crippen molar-refractivity contribution < 1.29 is 19.2 Å². The molecule has 0 saturated heterocycles. The largest absolute Gasteiger partial charge is 0.493 e. The molecule has 9 heteroatoms. The first-order chi connectivity index (χ1) is 14.5. The molecule has 0 unspecified atom stereocenters. The van der Waals surface area contributed by atoms with Gasteiger partial charge in [-0.15, -0.1) is 0 Å². The maximum Gasteiger partial charge on any atom is 0.272 e. The Morgan fingerprint density at radius 2 is 1.97 bits per heavy atom. The highest BCUT2D eigenvalue weighted by Crippen LogP contribution is 2.33. The van der Waals surface area contributed by atoms with E-state index in [0.717, 1.165) is 16.6 Å². The third kappa shape index (κ3) is 4.57. The summed E-state index contributed by atoms with van der Waals surface area (Å²) in [6, 6.07) is 9.81. The van der Waals surface area contributed by atoms with E-state index in [9.17, 15) is 14.9 Å². The monoisotopic (exact) mass is 427 g/mol. The van der Waals surface area contributed by atoms with Gasteiger partial charge in [-0.25, -0.2) is 0 Å². The Balaban J connectivity index is 1.99. The van der Waals surface area contributed by atoms with Crippen LogP contribution in [0.3, 0.4) is 0 Å². The van der Waals surface area contributed by atoms with Crippen molar-refractivity contribution >= 4 is 39.2 Å². The second-order valence-electron chi connectivity index (χ2n) is 6.35. The first-order valence-electron chi connectivity index (χ1n) is 9.23. The molecule has 3 aromatic rings. The number of ether oxygens (including phenoxy) is 2. The molecule has 1 aromatic heterocycles. The van der Waals surface area contributed by atoms with Crippen LogP contribution in [0.4, 0.5) is 5.69 Å². The number of methoxy groups -OCH3 is 2. The van der Waals surface area contributed by atoms with Gasteiger partial charge in [0.15, 0.2) is 16.3 Å². The Labute approximate surface area is 176 Å². The van der Waals surface area contributed by atoms with E-state index in [0.29, 0.717) is 28.4 Å². The van der Waals surface area contributed by atoms with Gasteiger partial charge in [0, 0.05) is 36.9 Å². The molecule has 0 bridgehead atoms. The lowest BCUT2D eigenvalue weighted by Gasteiger charge is -2.08. The average Bonchev–Trinajstić information content (AvgIpc) is 3.07. The lowest BCUT2D eigenvalue weighted by atomic mass is 10.2. The molecule has 0 radical (unpaired) electrons. The van der Waals surface area contributed by atoms with Gasteiger partial charge in [0.2, 0.25) is 0 Å². The van der Waals surface area contributed by atoms with Crippen molar-refractivity contribution in [3.05, 3.63) is 63.0 Å². The number of fused-ring (bicyclic) bond motifs is 1. The molecular formula is C21H21N3O5S. The molecule has 0 N–H and O–H groups in total. The maximum absolute atomic E-state index is 12.4. The fourth-order valence-electron chi connectivity index (χ4n) is 2.96. The quantitative estimate of drug-likeness (QED) is 0.320. The number of carbonyl (C=O) groups is 1. The van der Waals surface area contributed by atoms with Crippen molar-refractivity contribution in [2.45, 2.75) is 19.9 Å². The van der Waals surface area contributed by atoms with Crippen LogP contribution >= 0.6 is 11.3 Å². The van der Waals surface area contributed by atoms with Crippen molar-refractivity contribution in [1.82, 2.24) is 4.57 Å². The number of aryl methyl sites for hydroxylation is 1. The highest BCUT2D eigenvalue weighted by Gasteiger charge is 2.12. The predicted octanol–water partition coefficient (Wildman–Crippen LogP) is 4.18. The molecule has 156 valence electrons. The Kier molecular flexibility index (Phi) is 6.63. The smallest absolute Gasteiger partial charge is 0.272 e. The highest BCUT2D eigenvalue weighted by atomic mass is 32.1. The molecule has 0 spiro atoms. The summed E-state index contributed by atoms with van der Waals surface area (Å²) in [4.78, 5) is 27.7. The zero-order chi connectivity index (χ0) is 21.7. The first kappa shape index (κ1) is 21.3. The molecule has 1 heterocycles. The number of nitro groups is 1. The first-order valence-corrected chi connectivity index (χ1v) is 10.0. The lowest BCUT2D eigenvalue weighted by molar-refractivity contribution is -0.384. The topological polar surface area (TPSA) is 96.0 Å². The van der Waals surface area contributed by atoms with Crippen molar-refractivity contribution in [3.63, 3.8) is 0 Å². The van der Waals surface area contributed by atoms with E-state index in [2.05, 4.69) is 4.99 Å². The van der Waals surface area contributed by atoms with Crippen molar-refractivity contribution in [3.8, 4) is 11.5 Å². The number of non-ortho nitro benzene ring substituents is 1. The van der Waals surface area contributed by atoms with Gasteiger partial charge in [0.1, 0.15) is 0 Å². The summed E-state index contributed by atoms with van der Waals surface area (Å²) in [7, 11) is 3.15. The number of rotatable bonds is 7. The van der Waals surface area contributed by atoms with Crippen LogP contribution in [-0.2, 0) is 11.3 Å². The van der Waals surface area contributed by atoms with Gasteiger partial charge in [0.05, 0.1) is 29.4 Å². The van der Waals surface area contributed by atoms with Crippen LogP contribution in [0.2, 0.25) is 0 Å². The molecule has 3 rings (SSSR count). The zero-order valence-electron chi connectivity index (χ0n) is 16.8. The van der Waals surface area contributed by atoms with Crippen LogP contribution in [0, 0.1) is 10.1 Å². The number of hydrogen-bond donors (Lipinski definition) is 0. The number of thiazole rings is 1. The van der Waals surface area contributed by atoms with E-state index in [4.69, 9.17) is 9.47 Å². The molecule has 0 atom stereocenters. The number of benzene rings is 2. The van der Waals surface area contributed by atoms with Gasteiger partial charge in [-0.2, -0.15) is 4.99 Å². The van der Waals surface area contributed by atoms with Crippen LogP contribution < -0.4 is 14.3 Å². The lowest BCUT2D eigenvalue weighted by Crippen LogP contribution is -2.16. The summed E-state index contributed by atoms with van der Waals surface area (Å²) in [6.07, 6.45) is 3.69. The fraction of sp³-hybridized carbons (Fsp3) is 0.238. The number of aromatic nitrogens is 1. The van der Waals surface area contributed by atoms with Crippen LogP contribution in [0.5, 0.6) is 11.5 Å². The maximum atomic E-state index is 12.4. The van der Waals surface area contributed by atoms with Crippen LogP contribution in [0.15, 0.2) is 47.5 Å². The molecule has 30 heavy (non-hydrogen) atoms. The van der Waals surface area contributed by atoms with Gasteiger partial charge in [-0.1, -0.05) is 30.4 Å². The summed E-state index contributed by atoms with van der Waals surface area (Å²) in [5.41, 5.74) is 1.43. The Hall–Kier alpha value is -3.46. The van der Waals surface area contributed by atoms with E-state index < -0.39 is 10.8 Å². The van der Waals surface area contributed by atoms with Gasteiger partial charge < -0.3 is 14.0 Å². The SMILES string of the molecule is CCCn1c(=NC(=O)/C=C/c2cccc([N+](=O)[O-])c2)sc2cc(OC)c(OC)cc21. The van der Waals surface area contributed by atoms with E-state index in [1.807, 2.05) is 23.6 Å². The molecule has 0 fully saturated rings. The molecule has 0 aliphatic carbocycles. The van der Waals surface area contributed by atoms with Gasteiger partial charge in [0.25, 0.3) is 11.6 Å². The molecular weight excluding hydrogens is 406 g/mol. The number of amides is 1. The zero-order valence-corrected chi connectivity index (χ0v) is 17.6. The van der Waals surface area contributed by atoms with Gasteiger partial charge >= 0.3 is 0 Å². The third-order valence-corrected chi connectivity index (χ3v) is 5.38. The normalized spacial score (nSPS) is 11.9. The molecule has 0 aliphatic rings. The second-order valence-corrected chi connectivity index (χ2v) is 7.36. The fourth-order valence-corrected chi connectivity index (χ4v) is 4.03. The Morgan fingerprint density at radius 1 is 1.23 bits per heavy atom. The summed E-state index contributed by atoms with van der Waals surface area (Å²) < 4.78 is 13.7. The van der Waals surface area contributed by atoms with E-state index in [1.54, 1.807) is 26.4 Å². The second kappa shape index (κ2) is 9.36. The predicted molar refractivity (Wildman–Crippen MR) is 116 cm³/mol. The Morgan fingerprint density at radius 3 is 2.63 bits per heavy atom. The minimum absolute atomic E-state index is 0.0327. The molecule has 0 saturated carbocycles. The molecule has 8 nitrogen and oxygen atoms in total. The molecule has 2 aromatic carbocycles. The standard InChI is InChI=1S/C21H21N3O5S/c1-4-10-23-16-12-17(28-2)18(29-3)13-19(16)30-21(23)22-20(25)9-8-14-6-5-7-15(11-14)24(26)27/h5-9,11-13H,4,10H2,1-3H3/b9-8+,22-21?. The highest BCUT2D eigenvalue weighted by molar-refractivity contribution is 7.16. The summed E-state index contributed by atoms with van der Waals surface area (Å²) in [5.74, 6) is 0.770. The molecule has 1 amide bonds. The number of hydrogen-bond acceptors (Lipinski definition) is 6. The minimum atomic E-state index is -0.475. The summed E-state index contributed by atoms with van der Waals surface area (Å²) >= 11 is 1.39. The summed E-state index contributed by atoms with van der Waals surface area (Å²) in [6.45, 7) is 2.74. The van der Waals surface area contributed by atoms with Crippen molar-refractivity contribution in [1.29, 1.82) is 0 Å². The van der Waals surface area contributed by atoms with Crippen molar-refractivity contribution in [2.24, 2.45) is 4.99 Å². The van der Waals surface area contributed by atoms with Gasteiger partial charge in [-0.05, 0) is 18.1 Å². The Bertz CT molecular complexity index is 1190. The minimum Gasteiger partial charge on any atom is -0.493 e. The van der Waals surface area contributed by atoms with Crippen LogP contribution in [-0.4, -0.2) is 29.6 Å². The van der Waals surface area contributed by atoms with Gasteiger partial charge in [-0.3, -0.25) is 14.9 Å². The van der Waals surface area contributed by atoms with Crippen molar-refractivity contribution in [2.75, 3.05) is 14.2 Å². The number of nitro benzene ring substituents is 1. The third-order valence-electron chi connectivity index (χ3n) is 4.34. The van der Waals surface area contributed by atoms with Crippen LogP contribution in [0.25, 0.3) is 16.3 Å². The number of carbonyl (C=O) groups excluding carboxylic acids is 1. The average molecular weight is 427 g/mol. The van der Waals surface area contributed by atoms with Crippen LogP contribution in [0.1, 0.15) is 18.9 Å². The summed E-state index contributed by atoms with van der Waals surface area (Å²) in [5, 5.41) is 10.9. The molecule has 0 aliphatic heterocycles. The number of nitrogens with zero attached hydrogens (tertiary/aromatic N) is 3. The van der Waals surface area contributed by atoms with E-state index in [-0.39, 0.29) is 5.69 Å².